The molecule has 0 atom stereocenters. The minimum absolute atomic E-state index is 0.162. The van der Waals surface area contributed by atoms with Crippen molar-refractivity contribution in [2.45, 2.75) is 52.6 Å². The van der Waals surface area contributed by atoms with Crippen LogP contribution in [-0.4, -0.2) is 35.6 Å². The highest BCUT2D eigenvalue weighted by Crippen LogP contribution is 2.34. The number of aliphatic carboxylic acids is 1. The van der Waals surface area contributed by atoms with E-state index in [9.17, 15) is 4.79 Å². The van der Waals surface area contributed by atoms with E-state index in [1.807, 2.05) is 0 Å². The van der Waals surface area contributed by atoms with Crippen LogP contribution in [0.15, 0.2) is 48.0 Å². The van der Waals surface area contributed by atoms with Gasteiger partial charge in [-0.2, -0.15) is 0 Å². The molecule has 1 N–H and O–H groups in total. The van der Waals surface area contributed by atoms with Gasteiger partial charge in [0.1, 0.15) is 12.4 Å². The summed E-state index contributed by atoms with van der Waals surface area (Å²) in [4.78, 5) is 13.3. The number of ether oxygens (including phenoxy) is 1. The van der Waals surface area contributed by atoms with Crippen molar-refractivity contribution in [3.05, 3.63) is 70.3 Å². The monoisotopic (exact) mass is 419 g/mol. The van der Waals surface area contributed by atoms with Gasteiger partial charge in [-0.05, 0) is 65.1 Å². The molecule has 0 aromatic heterocycles. The third-order valence-corrected chi connectivity index (χ3v) is 6.65. The van der Waals surface area contributed by atoms with Crippen LogP contribution in [0.1, 0.15) is 56.4 Å². The molecule has 1 heterocycles. The molecule has 2 aromatic rings. The van der Waals surface area contributed by atoms with Gasteiger partial charge in [-0.3, -0.25) is 9.69 Å². The summed E-state index contributed by atoms with van der Waals surface area (Å²) in [7, 11) is 0. The van der Waals surface area contributed by atoms with Crippen molar-refractivity contribution in [2.75, 3.05) is 19.6 Å². The topological polar surface area (TPSA) is 49.8 Å². The summed E-state index contributed by atoms with van der Waals surface area (Å²) in [5, 5.41) is 9.08. The molecule has 2 aliphatic rings. The van der Waals surface area contributed by atoms with Crippen molar-refractivity contribution in [1.82, 2.24) is 4.90 Å². The number of likely N-dealkylation sites (tertiary alicyclic amines) is 1. The molecule has 0 unspecified atom stereocenters. The second-order valence-corrected chi connectivity index (χ2v) is 10.0. The Morgan fingerprint density at radius 1 is 1.10 bits per heavy atom. The predicted molar refractivity (Wildman–Crippen MR) is 124 cm³/mol. The van der Waals surface area contributed by atoms with Crippen LogP contribution in [0.25, 0.3) is 5.57 Å². The highest BCUT2D eigenvalue weighted by atomic mass is 16.5. The first kappa shape index (κ1) is 21.6. The maximum atomic E-state index is 11.0. The van der Waals surface area contributed by atoms with Gasteiger partial charge in [-0.15, -0.1) is 0 Å². The minimum Gasteiger partial charge on any atom is -0.489 e. The summed E-state index contributed by atoms with van der Waals surface area (Å²) in [6.07, 6.45) is 2.04. The normalized spacial score (nSPS) is 17.3. The number of aryl methyl sites for hydroxylation is 1. The van der Waals surface area contributed by atoms with E-state index in [0.29, 0.717) is 19.7 Å². The molecule has 0 spiro atoms. The average Bonchev–Trinajstić information content (AvgIpc) is 2.69. The van der Waals surface area contributed by atoms with Gasteiger partial charge < -0.3 is 9.84 Å². The molecule has 0 bridgehead atoms. The van der Waals surface area contributed by atoms with Gasteiger partial charge in [0.25, 0.3) is 0 Å². The van der Waals surface area contributed by atoms with Crippen LogP contribution in [0.2, 0.25) is 0 Å². The number of hydrogen-bond acceptors (Lipinski definition) is 3. The lowest BCUT2D eigenvalue weighted by atomic mass is 9.85. The van der Waals surface area contributed by atoms with Gasteiger partial charge in [0.15, 0.2) is 0 Å². The number of rotatable bonds is 6. The van der Waals surface area contributed by atoms with Crippen LogP contribution in [0.4, 0.5) is 0 Å². The van der Waals surface area contributed by atoms with Crippen LogP contribution >= 0.6 is 0 Å². The molecule has 1 saturated heterocycles. The van der Waals surface area contributed by atoms with Gasteiger partial charge in [-0.1, -0.05) is 56.7 Å². The maximum absolute atomic E-state index is 11.0. The van der Waals surface area contributed by atoms with Gasteiger partial charge in [0.2, 0.25) is 0 Å². The first-order valence-corrected chi connectivity index (χ1v) is 11.2. The molecule has 4 rings (SSSR count). The second-order valence-electron chi connectivity index (χ2n) is 10.0. The lowest BCUT2D eigenvalue weighted by molar-refractivity contribution is -0.147. The Morgan fingerprint density at radius 3 is 2.45 bits per heavy atom. The van der Waals surface area contributed by atoms with Crippen LogP contribution in [-0.2, 0) is 23.2 Å². The van der Waals surface area contributed by atoms with Crippen molar-refractivity contribution >= 4 is 11.5 Å². The number of hydrogen-bond donors (Lipinski definition) is 1. The van der Waals surface area contributed by atoms with Gasteiger partial charge >= 0.3 is 5.97 Å². The first-order chi connectivity index (χ1) is 14.7. The number of nitrogens with zero attached hydrogens (tertiary/aromatic N) is 1. The number of carbonyl (C=O) groups is 1. The smallest absolute Gasteiger partial charge is 0.309 e. The van der Waals surface area contributed by atoms with Crippen molar-refractivity contribution in [1.29, 1.82) is 0 Å². The Hall–Kier alpha value is -2.59. The van der Waals surface area contributed by atoms with Crippen molar-refractivity contribution in [3.63, 3.8) is 0 Å². The van der Waals surface area contributed by atoms with Crippen LogP contribution in [0, 0.1) is 5.92 Å². The molecule has 4 nitrogen and oxygen atoms in total. The molecule has 0 radical (unpaired) electrons. The van der Waals surface area contributed by atoms with E-state index in [1.165, 1.54) is 33.4 Å². The molecule has 164 valence electrons. The van der Waals surface area contributed by atoms with E-state index in [2.05, 4.69) is 75.1 Å². The van der Waals surface area contributed by atoms with Crippen molar-refractivity contribution in [2.24, 2.45) is 5.92 Å². The zero-order valence-electron chi connectivity index (χ0n) is 19.1. The van der Waals surface area contributed by atoms with Gasteiger partial charge in [0.05, 0.1) is 5.92 Å². The molecule has 31 heavy (non-hydrogen) atoms. The summed E-state index contributed by atoms with van der Waals surface area (Å²) in [5.74, 6) is 0.0525. The van der Waals surface area contributed by atoms with E-state index in [0.717, 1.165) is 25.1 Å². The fourth-order valence-electron chi connectivity index (χ4n) is 4.49. The SMILES string of the molecule is CC1=C(CN2CC(C(=O)O)C2)CCc2cc(OCc3ccc(C(C)(C)C)cc3)ccc21. The van der Waals surface area contributed by atoms with Crippen molar-refractivity contribution < 1.29 is 14.6 Å². The van der Waals surface area contributed by atoms with E-state index < -0.39 is 5.97 Å². The summed E-state index contributed by atoms with van der Waals surface area (Å²) >= 11 is 0. The Labute approximate surface area is 185 Å². The number of carboxylic acid groups (broad SMARTS) is 1. The molecular weight excluding hydrogens is 386 g/mol. The second kappa shape index (κ2) is 8.51. The molecule has 1 aliphatic carbocycles. The summed E-state index contributed by atoms with van der Waals surface area (Å²) in [6, 6.07) is 15.1. The van der Waals surface area contributed by atoms with E-state index >= 15 is 0 Å². The predicted octanol–water partition coefficient (Wildman–Crippen LogP) is 5.30. The molecule has 1 aliphatic heterocycles. The highest BCUT2D eigenvalue weighted by molar-refractivity contribution is 5.73. The Kier molecular flexibility index (Phi) is 5.94. The zero-order valence-corrected chi connectivity index (χ0v) is 19.1. The Morgan fingerprint density at radius 2 is 1.81 bits per heavy atom. The molecule has 0 saturated carbocycles. The largest absolute Gasteiger partial charge is 0.489 e. The number of allylic oxidation sites excluding steroid dienone is 1. The summed E-state index contributed by atoms with van der Waals surface area (Å²) in [6.45, 7) is 11.7. The molecule has 4 heteroatoms. The fraction of sp³-hybridized carbons (Fsp3) is 0.444. The van der Waals surface area contributed by atoms with Gasteiger partial charge in [0, 0.05) is 19.6 Å². The fourth-order valence-corrected chi connectivity index (χ4v) is 4.49. The quantitative estimate of drug-likeness (QED) is 0.690. The average molecular weight is 420 g/mol. The molecule has 0 amide bonds. The van der Waals surface area contributed by atoms with E-state index in [1.54, 1.807) is 0 Å². The Bertz CT molecular complexity index is 992. The van der Waals surface area contributed by atoms with Crippen LogP contribution < -0.4 is 4.74 Å². The maximum Gasteiger partial charge on any atom is 0.309 e. The standard InChI is InChI=1S/C27H33NO3/c1-18-21(14-28-15-22(16-28)26(29)30)8-7-20-13-24(11-12-25(18)20)31-17-19-5-9-23(10-6-19)27(2,3)4/h5-6,9-13,22H,7-8,14-17H2,1-4H3,(H,29,30). The summed E-state index contributed by atoms with van der Waals surface area (Å²) < 4.78 is 6.09. The lowest BCUT2D eigenvalue weighted by Crippen LogP contribution is -2.50. The first-order valence-electron chi connectivity index (χ1n) is 11.2. The number of benzene rings is 2. The van der Waals surface area contributed by atoms with Gasteiger partial charge in [-0.25, -0.2) is 0 Å². The minimum atomic E-state index is -0.673. The summed E-state index contributed by atoms with van der Waals surface area (Å²) in [5.41, 5.74) is 8.09. The van der Waals surface area contributed by atoms with E-state index in [-0.39, 0.29) is 11.3 Å². The molecular formula is C27H33NO3. The Balaban J connectivity index is 1.38. The number of carboxylic acids is 1. The van der Waals surface area contributed by atoms with Crippen LogP contribution in [0.3, 0.4) is 0 Å². The highest BCUT2D eigenvalue weighted by Gasteiger charge is 2.33. The lowest BCUT2D eigenvalue weighted by Gasteiger charge is -2.38. The molecule has 1 fully saturated rings. The van der Waals surface area contributed by atoms with E-state index in [4.69, 9.17) is 9.84 Å². The third-order valence-electron chi connectivity index (χ3n) is 6.65. The zero-order chi connectivity index (χ0) is 22.2. The third kappa shape index (κ3) is 4.85. The molecule has 2 aromatic carbocycles. The number of fused-ring (bicyclic) bond motifs is 1. The van der Waals surface area contributed by atoms with Crippen LogP contribution in [0.5, 0.6) is 5.75 Å². The van der Waals surface area contributed by atoms with Crippen molar-refractivity contribution in [3.8, 4) is 5.75 Å².